The molecule has 1 unspecified atom stereocenters. The van der Waals surface area contributed by atoms with Crippen molar-refractivity contribution in [3.63, 3.8) is 0 Å². The number of anilines is 1. The summed E-state index contributed by atoms with van der Waals surface area (Å²) in [5.74, 6) is 0.0281. The summed E-state index contributed by atoms with van der Waals surface area (Å²) in [6, 6.07) is 13.6. The van der Waals surface area contributed by atoms with E-state index in [0.717, 1.165) is 17.1 Å². The van der Waals surface area contributed by atoms with Crippen molar-refractivity contribution in [1.82, 2.24) is 0 Å². The summed E-state index contributed by atoms with van der Waals surface area (Å²) >= 11 is 18.4. The summed E-state index contributed by atoms with van der Waals surface area (Å²) in [4.78, 5) is 12.5. The van der Waals surface area contributed by atoms with Crippen molar-refractivity contribution >= 4 is 67.9 Å². The number of azo groups is 1. The molecule has 36 heavy (non-hydrogen) atoms. The molecule has 0 spiro atoms. The first-order valence-electron chi connectivity index (χ1n) is 9.82. The van der Waals surface area contributed by atoms with Crippen molar-refractivity contribution in [1.29, 1.82) is 0 Å². The molecule has 1 atom stereocenters. The molecule has 3 aromatic rings. The largest absolute Gasteiger partial charge is 1.00 e. The molecule has 0 aromatic heterocycles. The van der Waals surface area contributed by atoms with E-state index in [2.05, 4.69) is 15.3 Å². The van der Waals surface area contributed by atoms with Gasteiger partial charge in [-0.05, 0) is 55.5 Å². The van der Waals surface area contributed by atoms with Crippen LogP contribution in [-0.2, 0) is 14.9 Å². The summed E-state index contributed by atoms with van der Waals surface area (Å²) in [5.41, 5.74) is 0.422. The number of amides is 1. The van der Waals surface area contributed by atoms with E-state index in [9.17, 15) is 17.8 Å². The van der Waals surface area contributed by atoms with Crippen LogP contribution in [0, 0.1) is 0 Å². The third kappa shape index (κ3) is 6.27. The topological polar surface area (TPSA) is 124 Å². The monoisotopic (exact) mass is 574 g/mol. The van der Waals surface area contributed by atoms with Gasteiger partial charge in [0.05, 0.1) is 26.3 Å². The van der Waals surface area contributed by atoms with Crippen LogP contribution in [0.5, 0.6) is 11.5 Å². The van der Waals surface area contributed by atoms with Crippen molar-refractivity contribution in [2.75, 3.05) is 5.01 Å². The third-order valence-electron chi connectivity index (χ3n) is 4.79. The maximum atomic E-state index is 13.0. The Labute approximate surface area is 243 Å². The van der Waals surface area contributed by atoms with E-state index >= 15 is 0 Å². The van der Waals surface area contributed by atoms with E-state index in [-0.39, 0.29) is 51.7 Å². The number of para-hydroxylation sites is 1. The molecule has 0 saturated carbocycles. The van der Waals surface area contributed by atoms with Crippen LogP contribution in [0.15, 0.2) is 80.9 Å². The molecule has 1 amide bonds. The number of carbonyl (C=O) groups is 1. The number of nitrogens with zero attached hydrogens (tertiary/aromatic N) is 4. The van der Waals surface area contributed by atoms with Gasteiger partial charge in [-0.1, -0.05) is 46.9 Å². The summed E-state index contributed by atoms with van der Waals surface area (Å²) < 4.78 is 40.0. The Morgan fingerprint density at radius 3 is 2.42 bits per heavy atom. The number of hydrogen-bond acceptors (Lipinski definition) is 8. The van der Waals surface area contributed by atoms with Crippen LogP contribution >= 0.6 is 34.8 Å². The van der Waals surface area contributed by atoms with Crippen LogP contribution in [-0.4, -0.2) is 30.6 Å². The predicted octanol–water partition coefficient (Wildman–Crippen LogP) is 3.22. The number of halogens is 3. The second-order valence-electron chi connectivity index (χ2n) is 7.22. The SMILES string of the molecule is CC1=NN(c2cc(S(=O)(=O)[O-])ccc2Cl)C(=O)C1N=Nc1cc(Cl)ccc1Oc1ccccc1Cl.[Na+]. The molecule has 0 fully saturated rings. The zero-order valence-corrected chi connectivity index (χ0v) is 23.8. The first-order valence-corrected chi connectivity index (χ1v) is 12.4. The molecule has 0 radical (unpaired) electrons. The first kappa shape index (κ1) is 28.5. The molecule has 4 rings (SSSR count). The van der Waals surface area contributed by atoms with E-state index < -0.39 is 27.0 Å². The molecule has 0 aliphatic carbocycles. The Bertz CT molecular complexity index is 1500. The molecule has 3 aromatic carbocycles. The van der Waals surface area contributed by atoms with E-state index in [1.54, 1.807) is 43.3 Å². The minimum atomic E-state index is -4.77. The summed E-state index contributed by atoms with van der Waals surface area (Å²) in [6.45, 7) is 1.54. The molecule has 0 bridgehead atoms. The summed E-state index contributed by atoms with van der Waals surface area (Å²) in [5, 5.41) is 14.0. The molecule has 0 N–H and O–H groups in total. The normalized spacial score (nSPS) is 15.7. The number of benzene rings is 3. The number of ether oxygens (including phenoxy) is 1. The fraction of sp³-hybridized carbons (Fsp3) is 0.0909. The van der Waals surface area contributed by atoms with Crippen molar-refractivity contribution in [3.05, 3.63) is 75.7 Å². The Kier molecular flexibility index (Phi) is 9.18. The van der Waals surface area contributed by atoms with Gasteiger partial charge in [0.2, 0.25) is 0 Å². The molecule has 9 nitrogen and oxygen atoms in total. The van der Waals surface area contributed by atoms with E-state index in [1.165, 1.54) is 12.1 Å². The van der Waals surface area contributed by atoms with Gasteiger partial charge in [0.1, 0.15) is 21.6 Å². The zero-order chi connectivity index (χ0) is 25.3. The van der Waals surface area contributed by atoms with Gasteiger partial charge in [-0.15, -0.1) is 0 Å². The maximum Gasteiger partial charge on any atom is 1.00 e. The van der Waals surface area contributed by atoms with Gasteiger partial charge in [0.25, 0.3) is 5.91 Å². The van der Waals surface area contributed by atoms with Crippen LogP contribution in [0.4, 0.5) is 11.4 Å². The zero-order valence-electron chi connectivity index (χ0n) is 18.7. The Morgan fingerprint density at radius 2 is 1.72 bits per heavy atom. The first-order chi connectivity index (χ1) is 16.5. The minimum absolute atomic E-state index is 0. The van der Waals surface area contributed by atoms with Crippen molar-refractivity contribution in [2.24, 2.45) is 15.3 Å². The fourth-order valence-electron chi connectivity index (χ4n) is 3.09. The van der Waals surface area contributed by atoms with Crippen LogP contribution in [0.1, 0.15) is 6.92 Å². The van der Waals surface area contributed by atoms with E-state index in [0.29, 0.717) is 21.5 Å². The number of carbonyl (C=O) groups excluding carboxylic acids is 1. The van der Waals surface area contributed by atoms with Crippen molar-refractivity contribution in [3.8, 4) is 11.5 Å². The smallest absolute Gasteiger partial charge is 0.744 e. The van der Waals surface area contributed by atoms with Gasteiger partial charge in [0.15, 0.2) is 11.8 Å². The predicted molar refractivity (Wildman–Crippen MR) is 131 cm³/mol. The van der Waals surface area contributed by atoms with Gasteiger partial charge in [-0.2, -0.15) is 20.3 Å². The van der Waals surface area contributed by atoms with Crippen LogP contribution in [0.25, 0.3) is 0 Å². The average molecular weight is 576 g/mol. The van der Waals surface area contributed by atoms with E-state index in [1.807, 2.05) is 0 Å². The Hall–Kier alpha value is -2.02. The Balaban J connectivity index is 0.00000361. The van der Waals surface area contributed by atoms with Crippen molar-refractivity contribution < 1.29 is 52.1 Å². The Morgan fingerprint density at radius 1 is 1.00 bits per heavy atom. The van der Waals surface area contributed by atoms with Gasteiger partial charge < -0.3 is 9.29 Å². The molecular formula is C22H14Cl3N4NaO5S. The molecule has 1 aliphatic rings. The second kappa shape index (κ2) is 11.6. The third-order valence-corrected chi connectivity index (χ3v) is 6.49. The average Bonchev–Trinajstić information content (AvgIpc) is 3.08. The fourth-order valence-corrected chi connectivity index (χ4v) is 4.12. The standard InChI is InChI=1S/C22H15Cl3N4O5S.Na/c1-12-21(22(30)29(28-12)18-11-14(35(31,32)33)7-8-15(18)24)27-26-17-10-13(23)6-9-20(17)34-19-5-3-2-4-16(19)25;/h2-11,21H,1H3,(H,31,32,33);/q;+1/p-1. The van der Waals surface area contributed by atoms with Crippen molar-refractivity contribution in [2.45, 2.75) is 17.9 Å². The number of hydrazone groups is 1. The number of rotatable bonds is 6. The van der Waals surface area contributed by atoms with Gasteiger partial charge in [-0.3, -0.25) is 4.79 Å². The van der Waals surface area contributed by atoms with Gasteiger partial charge in [0, 0.05) is 5.02 Å². The summed E-state index contributed by atoms with van der Waals surface area (Å²) in [6.07, 6.45) is 0. The molecule has 0 saturated heterocycles. The molecule has 1 aliphatic heterocycles. The molecule has 1 heterocycles. The minimum Gasteiger partial charge on any atom is -0.744 e. The van der Waals surface area contributed by atoms with E-state index in [4.69, 9.17) is 39.5 Å². The molecule has 180 valence electrons. The second-order valence-corrected chi connectivity index (χ2v) is 9.85. The molecular weight excluding hydrogens is 562 g/mol. The molecule has 14 heteroatoms. The van der Waals surface area contributed by atoms with Crippen LogP contribution < -0.4 is 39.3 Å². The van der Waals surface area contributed by atoms with Crippen LogP contribution in [0.3, 0.4) is 0 Å². The van der Waals surface area contributed by atoms with Gasteiger partial charge >= 0.3 is 29.6 Å². The van der Waals surface area contributed by atoms with Gasteiger partial charge in [-0.25, -0.2) is 8.42 Å². The quantitative estimate of drug-likeness (QED) is 0.254. The number of hydrogen-bond donors (Lipinski definition) is 0. The maximum absolute atomic E-state index is 13.0. The van der Waals surface area contributed by atoms with Crippen LogP contribution in [0.2, 0.25) is 15.1 Å². The summed E-state index contributed by atoms with van der Waals surface area (Å²) in [7, 11) is -4.77.